The Balaban J connectivity index is 0.00000312. The van der Waals surface area contributed by atoms with Gasteiger partial charge in [-0.05, 0) is 31.5 Å². The highest BCUT2D eigenvalue weighted by molar-refractivity contribution is 5.88. The molecule has 3 nitrogen and oxygen atoms in total. The lowest BCUT2D eigenvalue weighted by Crippen LogP contribution is -2.48. The van der Waals surface area contributed by atoms with Gasteiger partial charge in [0.2, 0.25) is 5.91 Å². The summed E-state index contributed by atoms with van der Waals surface area (Å²) < 4.78 is 39.2. The van der Waals surface area contributed by atoms with Gasteiger partial charge in [-0.1, -0.05) is 37.5 Å². The Kier molecular flexibility index (Phi) is 7.75. The van der Waals surface area contributed by atoms with Crippen LogP contribution in [-0.4, -0.2) is 38.0 Å². The van der Waals surface area contributed by atoms with Crippen molar-refractivity contribution in [3.05, 3.63) is 35.4 Å². The Morgan fingerprint density at radius 3 is 2.44 bits per heavy atom. The molecular weight excluding hydrogens is 353 g/mol. The molecule has 1 aliphatic carbocycles. The van der Waals surface area contributed by atoms with Gasteiger partial charge < -0.3 is 10.2 Å². The van der Waals surface area contributed by atoms with Crippen LogP contribution in [0.15, 0.2) is 24.3 Å². The van der Waals surface area contributed by atoms with E-state index in [4.69, 9.17) is 0 Å². The molecule has 0 radical (unpaired) electrons. The fraction of sp³-hybridized carbons (Fsp3) is 0.611. The highest BCUT2D eigenvalue weighted by Crippen LogP contribution is 2.42. The van der Waals surface area contributed by atoms with Crippen LogP contribution in [0.25, 0.3) is 0 Å². The third kappa shape index (κ3) is 4.88. The summed E-state index contributed by atoms with van der Waals surface area (Å²) in [4.78, 5) is 14.7. The Labute approximate surface area is 153 Å². The normalized spacial score (nSPS) is 16.8. The summed E-state index contributed by atoms with van der Waals surface area (Å²) in [5.41, 5.74) is -1.02. The van der Waals surface area contributed by atoms with Gasteiger partial charge >= 0.3 is 6.18 Å². The van der Waals surface area contributed by atoms with Gasteiger partial charge in [0.15, 0.2) is 0 Å². The zero-order valence-electron chi connectivity index (χ0n) is 14.7. The lowest BCUT2D eigenvalue weighted by Gasteiger charge is -2.39. The SMILES string of the molecule is CNCCN(C)C(=O)C1(c2cccc(C(F)(F)F)c2)CCCCC1.Cl. The minimum absolute atomic E-state index is 0. The van der Waals surface area contributed by atoms with E-state index in [-0.39, 0.29) is 18.3 Å². The first-order valence-corrected chi connectivity index (χ1v) is 8.39. The van der Waals surface area contributed by atoms with E-state index in [1.165, 1.54) is 6.07 Å². The average molecular weight is 379 g/mol. The predicted octanol–water partition coefficient (Wildman–Crippen LogP) is 4.01. The van der Waals surface area contributed by atoms with Crippen LogP contribution in [0, 0.1) is 0 Å². The largest absolute Gasteiger partial charge is 0.416 e. The third-order valence-electron chi connectivity index (χ3n) is 4.90. The monoisotopic (exact) mass is 378 g/mol. The van der Waals surface area contributed by atoms with E-state index in [0.717, 1.165) is 31.4 Å². The summed E-state index contributed by atoms with van der Waals surface area (Å²) >= 11 is 0. The molecule has 1 aliphatic rings. The molecule has 25 heavy (non-hydrogen) atoms. The van der Waals surface area contributed by atoms with Crippen molar-refractivity contribution in [3.63, 3.8) is 0 Å². The molecule has 1 N–H and O–H groups in total. The number of nitrogens with one attached hydrogen (secondary N) is 1. The second-order valence-electron chi connectivity index (χ2n) is 6.55. The molecule has 0 bridgehead atoms. The number of alkyl halides is 3. The predicted molar refractivity (Wildman–Crippen MR) is 95.0 cm³/mol. The van der Waals surface area contributed by atoms with Crippen molar-refractivity contribution in [2.45, 2.75) is 43.7 Å². The quantitative estimate of drug-likeness (QED) is 0.839. The smallest absolute Gasteiger partial charge is 0.344 e. The fourth-order valence-electron chi connectivity index (χ4n) is 3.52. The number of hydrogen-bond acceptors (Lipinski definition) is 2. The van der Waals surface area contributed by atoms with Crippen LogP contribution in [0.3, 0.4) is 0 Å². The van der Waals surface area contributed by atoms with Crippen molar-refractivity contribution in [3.8, 4) is 0 Å². The Morgan fingerprint density at radius 2 is 1.88 bits per heavy atom. The number of carbonyl (C=O) groups excluding carboxylic acids is 1. The molecule has 0 atom stereocenters. The minimum atomic E-state index is -4.40. The Morgan fingerprint density at radius 1 is 1.24 bits per heavy atom. The van der Waals surface area contributed by atoms with Crippen LogP contribution in [-0.2, 0) is 16.4 Å². The van der Waals surface area contributed by atoms with E-state index < -0.39 is 17.2 Å². The van der Waals surface area contributed by atoms with Crippen molar-refractivity contribution in [1.29, 1.82) is 0 Å². The topological polar surface area (TPSA) is 32.3 Å². The molecule has 1 amide bonds. The molecule has 0 spiro atoms. The minimum Gasteiger partial charge on any atom is -0.344 e. The van der Waals surface area contributed by atoms with Gasteiger partial charge in [-0.15, -0.1) is 12.4 Å². The zero-order chi connectivity index (χ0) is 17.8. The number of likely N-dealkylation sites (N-methyl/N-ethyl adjacent to an activating group) is 2. The number of halogens is 4. The molecule has 0 unspecified atom stereocenters. The molecule has 142 valence electrons. The summed E-state index contributed by atoms with van der Waals surface area (Å²) in [6.07, 6.45) is -0.432. The van der Waals surface area contributed by atoms with E-state index in [9.17, 15) is 18.0 Å². The summed E-state index contributed by atoms with van der Waals surface area (Å²) in [6, 6.07) is 5.31. The average Bonchev–Trinajstić information content (AvgIpc) is 2.59. The van der Waals surface area contributed by atoms with E-state index in [0.29, 0.717) is 31.5 Å². The molecule has 2 rings (SSSR count). The van der Waals surface area contributed by atoms with Crippen LogP contribution in [0.5, 0.6) is 0 Å². The number of nitrogens with zero attached hydrogens (tertiary/aromatic N) is 1. The molecule has 0 heterocycles. The Bertz CT molecular complexity index is 572. The second-order valence-corrected chi connectivity index (χ2v) is 6.55. The maximum Gasteiger partial charge on any atom is 0.416 e. The summed E-state index contributed by atoms with van der Waals surface area (Å²) in [5.74, 6) is -0.0724. The van der Waals surface area contributed by atoms with E-state index in [1.54, 1.807) is 18.0 Å². The first-order chi connectivity index (χ1) is 11.3. The van der Waals surface area contributed by atoms with Gasteiger partial charge in [-0.2, -0.15) is 13.2 Å². The van der Waals surface area contributed by atoms with Gasteiger partial charge in [-0.3, -0.25) is 4.79 Å². The zero-order valence-corrected chi connectivity index (χ0v) is 15.5. The van der Waals surface area contributed by atoms with Crippen LogP contribution >= 0.6 is 12.4 Å². The van der Waals surface area contributed by atoms with Gasteiger partial charge in [0.1, 0.15) is 0 Å². The molecule has 1 fully saturated rings. The van der Waals surface area contributed by atoms with E-state index >= 15 is 0 Å². The summed E-state index contributed by atoms with van der Waals surface area (Å²) in [7, 11) is 3.53. The van der Waals surface area contributed by atoms with Crippen LogP contribution in [0.2, 0.25) is 0 Å². The number of benzene rings is 1. The van der Waals surface area contributed by atoms with Gasteiger partial charge in [-0.25, -0.2) is 0 Å². The third-order valence-corrected chi connectivity index (χ3v) is 4.90. The molecule has 1 aromatic rings. The maximum atomic E-state index is 13.1. The van der Waals surface area contributed by atoms with Crippen molar-refractivity contribution >= 4 is 18.3 Å². The van der Waals surface area contributed by atoms with Gasteiger partial charge in [0, 0.05) is 20.1 Å². The summed E-state index contributed by atoms with van der Waals surface area (Å²) in [6.45, 7) is 1.19. The lowest BCUT2D eigenvalue weighted by atomic mass is 9.68. The molecule has 7 heteroatoms. The van der Waals surface area contributed by atoms with Crippen LogP contribution < -0.4 is 5.32 Å². The van der Waals surface area contributed by atoms with Crippen LogP contribution in [0.1, 0.15) is 43.2 Å². The van der Waals surface area contributed by atoms with Crippen molar-refractivity contribution < 1.29 is 18.0 Å². The van der Waals surface area contributed by atoms with Crippen molar-refractivity contribution in [2.24, 2.45) is 0 Å². The second kappa shape index (κ2) is 8.90. The number of carbonyl (C=O) groups is 1. The number of amides is 1. The molecular formula is C18H26ClF3N2O. The van der Waals surface area contributed by atoms with Gasteiger partial charge in [0.25, 0.3) is 0 Å². The molecule has 0 aromatic heterocycles. The summed E-state index contributed by atoms with van der Waals surface area (Å²) in [5, 5.41) is 3.00. The number of rotatable bonds is 5. The van der Waals surface area contributed by atoms with E-state index in [1.807, 2.05) is 7.05 Å². The fourth-order valence-corrected chi connectivity index (χ4v) is 3.52. The maximum absolute atomic E-state index is 13.1. The first-order valence-electron chi connectivity index (χ1n) is 8.39. The molecule has 1 saturated carbocycles. The van der Waals surface area contributed by atoms with E-state index in [2.05, 4.69) is 5.32 Å². The van der Waals surface area contributed by atoms with Crippen LogP contribution in [0.4, 0.5) is 13.2 Å². The number of hydrogen-bond donors (Lipinski definition) is 1. The molecule has 0 saturated heterocycles. The lowest BCUT2D eigenvalue weighted by molar-refractivity contribution is -0.139. The van der Waals surface area contributed by atoms with Crippen molar-refractivity contribution in [2.75, 3.05) is 27.2 Å². The first kappa shape index (κ1) is 21.8. The standard InChI is InChI=1S/C18H25F3N2O.ClH/c1-22-11-12-23(2)16(24)17(9-4-3-5-10-17)14-7-6-8-15(13-14)18(19,20)21;/h6-8,13,22H,3-5,9-12H2,1-2H3;1H. The highest BCUT2D eigenvalue weighted by Gasteiger charge is 2.43. The Hall–Kier alpha value is -1.27. The highest BCUT2D eigenvalue weighted by atomic mass is 35.5. The molecule has 1 aromatic carbocycles. The van der Waals surface area contributed by atoms with Gasteiger partial charge in [0.05, 0.1) is 11.0 Å². The molecule has 0 aliphatic heterocycles. The van der Waals surface area contributed by atoms with Crippen molar-refractivity contribution in [1.82, 2.24) is 10.2 Å².